The molecule has 460 valence electrons. The molecule has 0 rings (SSSR count). The third-order valence-electron chi connectivity index (χ3n) is 15.5. The van der Waals surface area contributed by atoms with E-state index < -0.39 is 6.10 Å². The lowest BCUT2D eigenvalue weighted by molar-refractivity contribution is -0.167. The quantitative estimate of drug-likeness (QED) is 0.0261. The Morgan fingerprint density at radius 3 is 0.772 bits per heavy atom. The Balaban J connectivity index is 3.95. The molecule has 0 aromatic carbocycles. The summed E-state index contributed by atoms with van der Waals surface area (Å²) in [5, 5.41) is 0. The first-order valence-electron chi connectivity index (χ1n) is 34.8. The van der Waals surface area contributed by atoms with Crippen LogP contribution in [0.15, 0.2) is 60.8 Å². The van der Waals surface area contributed by atoms with E-state index in [1.54, 1.807) is 0 Å². The van der Waals surface area contributed by atoms with Crippen LogP contribution < -0.4 is 0 Å². The lowest BCUT2D eigenvalue weighted by Gasteiger charge is -2.18. The van der Waals surface area contributed by atoms with Gasteiger partial charge in [0.2, 0.25) is 0 Å². The standard InChI is InChI=1S/C73H132O6/c1-4-7-10-13-15-17-19-21-23-25-27-29-31-33-35-36-38-39-41-43-45-47-49-51-53-55-57-60-63-66-72(75)78-69-70(68-77-71(74)65-62-59-12-9-6-3)79-73(76)67-64-61-58-56-54-52-50-48-46-44-42-40-37-34-32-30-28-26-24-22-20-18-16-14-11-8-5-2/h8,11,16,18,22,24,28,30,34,37,70H,4-7,9-10,12-15,17,19-21,23,25-27,29,31-33,35-36,38-69H2,1-3H3/b11-8-,18-16-,24-22-,30-28-,37-34-. The summed E-state index contributed by atoms with van der Waals surface area (Å²) in [5.41, 5.74) is 0. The lowest BCUT2D eigenvalue weighted by Crippen LogP contribution is -2.30. The van der Waals surface area contributed by atoms with Crippen LogP contribution >= 0.6 is 0 Å². The predicted molar refractivity (Wildman–Crippen MR) is 344 cm³/mol. The van der Waals surface area contributed by atoms with Crippen LogP contribution in [0.1, 0.15) is 367 Å². The summed E-state index contributed by atoms with van der Waals surface area (Å²) in [6.45, 7) is 6.50. The summed E-state index contributed by atoms with van der Waals surface area (Å²) in [7, 11) is 0. The molecule has 0 spiro atoms. The first-order chi connectivity index (χ1) is 39.0. The first kappa shape index (κ1) is 76.1. The minimum atomic E-state index is -0.771. The Morgan fingerprint density at radius 2 is 0.494 bits per heavy atom. The summed E-state index contributed by atoms with van der Waals surface area (Å²) < 4.78 is 16.8. The maximum Gasteiger partial charge on any atom is 0.306 e. The molecule has 0 saturated carbocycles. The predicted octanol–water partition coefficient (Wildman–Crippen LogP) is 23.9. The van der Waals surface area contributed by atoms with Gasteiger partial charge in [0.05, 0.1) is 0 Å². The average Bonchev–Trinajstić information content (AvgIpc) is 3.45. The number of carbonyl (C=O) groups excluding carboxylic acids is 3. The second kappa shape index (κ2) is 67.6. The molecule has 0 N–H and O–H groups in total. The normalized spacial score (nSPS) is 12.4. The van der Waals surface area contributed by atoms with E-state index in [-0.39, 0.29) is 31.1 Å². The molecule has 6 nitrogen and oxygen atoms in total. The van der Waals surface area contributed by atoms with Gasteiger partial charge in [-0.15, -0.1) is 0 Å². The van der Waals surface area contributed by atoms with Gasteiger partial charge in [0.15, 0.2) is 6.10 Å². The van der Waals surface area contributed by atoms with Crippen molar-refractivity contribution in [3.63, 3.8) is 0 Å². The van der Waals surface area contributed by atoms with Crippen molar-refractivity contribution < 1.29 is 28.6 Å². The molecule has 0 aliphatic rings. The highest BCUT2D eigenvalue weighted by atomic mass is 16.6. The summed E-state index contributed by atoms with van der Waals surface area (Å²) in [4.78, 5) is 38.0. The minimum absolute atomic E-state index is 0.0712. The molecule has 0 saturated heterocycles. The van der Waals surface area contributed by atoms with Crippen molar-refractivity contribution in [3.8, 4) is 0 Å². The smallest absolute Gasteiger partial charge is 0.306 e. The van der Waals surface area contributed by atoms with Crippen LogP contribution in [0.25, 0.3) is 0 Å². The van der Waals surface area contributed by atoms with Crippen molar-refractivity contribution in [2.75, 3.05) is 13.2 Å². The minimum Gasteiger partial charge on any atom is -0.462 e. The molecular weight excluding hydrogens is 973 g/mol. The van der Waals surface area contributed by atoms with Gasteiger partial charge in [-0.2, -0.15) is 0 Å². The van der Waals surface area contributed by atoms with Gasteiger partial charge in [0.25, 0.3) is 0 Å². The van der Waals surface area contributed by atoms with E-state index in [1.807, 2.05) is 0 Å². The van der Waals surface area contributed by atoms with E-state index in [0.717, 1.165) is 96.3 Å². The van der Waals surface area contributed by atoms with Gasteiger partial charge < -0.3 is 14.2 Å². The van der Waals surface area contributed by atoms with Crippen molar-refractivity contribution in [2.45, 2.75) is 374 Å². The van der Waals surface area contributed by atoms with Gasteiger partial charge in [-0.05, 0) is 64.2 Å². The molecule has 0 heterocycles. The highest BCUT2D eigenvalue weighted by Gasteiger charge is 2.19. The number of allylic oxidation sites excluding steroid dienone is 10. The van der Waals surface area contributed by atoms with Crippen LogP contribution in [0, 0.1) is 0 Å². The van der Waals surface area contributed by atoms with Crippen molar-refractivity contribution in [1.82, 2.24) is 0 Å². The molecule has 6 heteroatoms. The number of unbranched alkanes of at least 4 members (excludes halogenated alkanes) is 43. The zero-order valence-corrected chi connectivity index (χ0v) is 52.9. The van der Waals surface area contributed by atoms with Crippen LogP contribution in [-0.4, -0.2) is 37.2 Å². The Morgan fingerprint density at radius 1 is 0.266 bits per heavy atom. The highest BCUT2D eigenvalue weighted by molar-refractivity contribution is 5.71. The van der Waals surface area contributed by atoms with Gasteiger partial charge >= 0.3 is 17.9 Å². The molecular formula is C73H132O6. The van der Waals surface area contributed by atoms with Crippen LogP contribution in [0.5, 0.6) is 0 Å². The largest absolute Gasteiger partial charge is 0.462 e. The zero-order chi connectivity index (χ0) is 57.1. The second-order valence-electron chi connectivity index (χ2n) is 23.4. The molecule has 0 aromatic heterocycles. The molecule has 0 radical (unpaired) electrons. The Kier molecular flexibility index (Phi) is 65.1. The van der Waals surface area contributed by atoms with Crippen LogP contribution in [0.2, 0.25) is 0 Å². The summed E-state index contributed by atoms with van der Waals surface area (Å²) >= 11 is 0. The van der Waals surface area contributed by atoms with Crippen LogP contribution in [0.4, 0.5) is 0 Å². The molecule has 1 atom stereocenters. The van der Waals surface area contributed by atoms with E-state index in [0.29, 0.717) is 19.3 Å². The maximum atomic E-state index is 12.9. The van der Waals surface area contributed by atoms with Crippen molar-refractivity contribution in [3.05, 3.63) is 60.8 Å². The topological polar surface area (TPSA) is 78.9 Å². The van der Waals surface area contributed by atoms with Gasteiger partial charge in [0.1, 0.15) is 13.2 Å². The van der Waals surface area contributed by atoms with Gasteiger partial charge in [-0.25, -0.2) is 0 Å². The van der Waals surface area contributed by atoms with Gasteiger partial charge in [-0.1, -0.05) is 345 Å². The summed E-state index contributed by atoms with van der Waals surface area (Å²) in [6, 6.07) is 0. The van der Waals surface area contributed by atoms with Crippen LogP contribution in [0.3, 0.4) is 0 Å². The van der Waals surface area contributed by atoms with Crippen molar-refractivity contribution in [1.29, 1.82) is 0 Å². The first-order valence-corrected chi connectivity index (χ1v) is 34.8. The monoisotopic (exact) mass is 1110 g/mol. The molecule has 79 heavy (non-hydrogen) atoms. The third-order valence-corrected chi connectivity index (χ3v) is 15.5. The Hall–Kier alpha value is -2.89. The van der Waals surface area contributed by atoms with Gasteiger partial charge in [0, 0.05) is 19.3 Å². The number of rotatable bonds is 64. The van der Waals surface area contributed by atoms with E-state index in [1.165, 1.54) is 231 Å². The number of hydrogen-bond acceptors (Lipinski definition) is 6. The number of esters is 3. The third kappa shape index (κ3) is 65.8. The second-order valence-corrected chi connectivity index (χ2v) is 23.4. The maximum absolute atomic E-state index is 12.9. The van der Waals surface area contributed by atoms with Crippen LogP contribution in [-0.2, 0) is 28.6 Å². The number of carbonyl (C=O) groups is 3. The Labute approximate surface area is 491 Å². The van der Waals surface area contributed by atoms with E-state index in [2.05, 4.69) is 81.5 Å². The van der Waals surface area contributed by atoms with Crippen molar-refractivity contribution in [2.24, 2.45) is 0 Å². The van der Waals surface area contributed by atoms with E-state index in [4.69, 9.17) is 14.2 Å². The highest BCUT2D eigenvalue weighted by Crippen LogP contribution is 2.18. The fourth-order valence-electron chi connectivity index (χ4n) is 10.4. The molecule has 1 unspecified atom stereocenters. The molecule has 0 aliphatic carbocycles. The fraction of sp³-hybridized carbons (Fsp3) is 0.822. The lowest BCUT2D eigenvalue weighted by atomic mass is 10.0. The SMILES string of the molecule is CC/C=C\C/C=C\C/C=C\C/C=C\C/C=C\CCCCCCCCCCCCCC(=O)OC(COC(=O)CCCCCCC)COC(=O)CCCCCCCCCCCCCCCCCCCCCCCCCCCCCCC. The van der Waals surface area contributed by atoms with E-state index in [9.17, 15) is 14.4 Å². The molecule has 0 amide bonds. The fourth-order valence-corrected chi connectivity index (χ4v) is 10.4. The number of ether oxygens (including phenoxy) is 3. The van der Waals surface area contributed by atoms with Crippen molar-refractivity contribution >= 4 is 17.9 Å². The molecule has 0 aromatic rings. The molecule has 0 fully saturated rings. The zero-order valence-electron chi connectivity index (χ0n) is 52.9. The average molecular weight is 1110 g/mol. The van der Waals surface area contributed by atoms with E-state index >= 15 is 0 Å². The summed E-state index contributed by atoms with van der Waals surface area (Å²) in [5.74, 6) is -0.869. The van der Waals surface area contributed by atoms with Gasteiger partial charge in [-0.3, -0.25) is 14.4 Å². The Bertz CT molecular complexity index is 1410. The summed E-state index contributed by atoms with van der Waals surface area (Å²) in [6.07, 6.45) is 87.4. The number of hydrogen-bond donors (Lipinski definition) is 0. The molecule has 0 bridgehead atoms. The molecule has 0 aliphatic heterocycles.